The molecule has 0 aromatic carbocycles. The summed E-state index contributed by atoms with van der Waals surface area (Å²) in [7, 11) is 0. The zero-order valence-corrected chi connectivity index (χ0v) is 7.30. The van der Waals surface area contributed by atoms with Crippen LogP contribution in [0.15, 0.2) is 36.7 Å². The van der Waals surface area contributed by atoms with Crippen molar-refractivity contribution in [2.45, 2.75) is 25.7 Å². The van der Waals surface area contributed by atoms with Gasteiger partial charge in [0.05, 0.1) is 0 Å². The quantitative estimate of drug-likeness (QED) is 0.560. The molecule has 1 saturated carbocycles. The average Bonchev–Trinajstić information content (AvgIpc) is 2.57. The molecule has 0 aromatic heterocycles. The highest BCUT2D eigenvalue weighted by molar-refractivity contribution is 5.16. The standard InChI is InChI=1S/C11H15F/c1-2-11(12)9-5-8-10-6-3-4-7-10/h2,5,8-10H,1,3-4,6-7H2/b8-5+,11-9+. The van der Waals surface area contributed by atoms with Gasteiger partial charge in [-0.2, -0.15) is 0 Å². The minimum Gasteiger partial charge on any atom is -0.207 e. The molecule has 1 fully saturated rings. The first-order valence-electron chi connectivity index (χ1n) is 4.49. The molecule has 0 amide bonds. The average molecular weight is 166 g/mol. The lowest BCUT2D eigenvalue weighted by Gasteiger charge is -1.97. The minimum absolute atomic E-state index is 0.260. The van der Waals surface area contributed by atoms with E-state index >= 15 is 0 Å². The Morgan fingerprint density at radius 2 is 2.00 bits per heavy atom. The summed E-state index contributed by atoms with van der Waals surface area (Å²) in [4.78, 5) is 0. The highest BCUT2D eigenvalue weighted by atomic mass is 19.1. The van der Waals surface area contributed by atoms with Crippen LogP contribution in [-0.2, 0) is 0 Å². The Labute approximate surface area is 73.5 Å². The second-order valence-corrected chi connectivity index (χ2v) is 3.19. The molecule has 12 heavy (non-hydrogen) atoms. The molecule has 0 atom stereocenters. The van der Waals surface area contributed by atoms with Crippen molar-refractivity contribution in [3.63, 3.8) is 0 Å². The summed E-state index contributed by atoms with van der Waals surface area (Å²) < 4.78 is 12.5. The summed E-state index contributed by atoms with van der Waals surface area (Å²) in [6.07, 6.45) is 11.7. The molecular weight excluding hydrogens is 151 g/mol. The van der Waals surface area contributed by atoms with Gasteiger partial charge in [-0.05, 0) is 30.9 Å². The zero-order valence-electron chi connectivity index (χ0n) is 7.30. The maximum atomic E-state index is 12.5. The lowest BCUT2D eigenvalue weighted by atomic mass is 10.1. The van der Waals surface area contributed by atoms with Gasteiger partial charge in [-0.25, -0.2) is 4.39 Å². The highest BCUT2D eigenvalue weighted by Gasteiger charge is 2.10. The van der Waals surface area contributed by atoms with E-state index in [1.807, 2.05) is 0 Å². The predicted octanol–water partition coefficient (Wildman–Crippen LogP) is 3.77. The SMILES string of the molecule is C=C/C(F)=C\C=C\C1CCCC1. The molecule has 66 valence electrons. The minimum atomic E-state index is -0.260. The van der Waals surface area contributed by atoms with Gasteiger partial charge in [0.2, 0.25) is 0 Å². The Kier molecular flexibility index (Phi) is 3.78. The molecule has 0 spiro atoms. The maximum absolute atomic E-state index is 12.5. The van der Waals surface area contributed by atoms with Gasteiger partial charge in [-0.3, -0.25) is 0 Å². The molecular formula is C11H15F. The third-order valence-electron chi connectivity index (χ3n) is 2.23. The molecule has 0 nitrogen and oxygen atoms in total. The number of rotatable bonds is 3. The number of allylic oxidation sites excluding steroid dienone is 5. The Morgan fingerprint density at radius 3 is 2.58 bits per heavy atom. The Morgan fingerprint density at radius 1 is 1.33 bits per heavy atom. The Hall–Kier alpha value is -0.850. The van der Waals surface area contributed by atoms with Crippen molar-refractivity contribution in [1.82, 2.24) is 0 Å². The highest BCUT2D eigenvalue weighted by Crippen LogP contribution is 2.25. The topological polar surface area (TPSA) is 0 Å². The Balaban J connectivity index is 2.33. The molecule has 0 N–H and O–H groups in total. The first-order chi connectivity index (χ1) is 5.83. The number of hydrogen-bond acceptors (Lipinski definition) is 0. The van der Waals surface area contributed by atoms with Gasteiger partial charge in [0.15, 0.2) is 0 Å². The molecule has 0 bridgehead atoms. The van der Waals surface area contributed by atoms with Crippen LogP contribution < -0.4 is 0 Å². The van der Waals surface area contributed by atoms with Crippen LogP contribution in [0.3, 0.4) is 0 Å². The van der Waals surface area contributed by atoms with Gasteiger partial charge in [-0.1, -0.05) is 31.6 Å². The smallest absolute Gasteiger partial charge is 0.122 e. The van der Waals surface area contributed by atoms with Gasteiger partial charge in [-0.15, -0.1) is 0 Å². The molecule has 1 aliphatic rings. The van der Waals surface area contributed by atoms with E-state index in [0.29, 0.717) is 5.92 Å². The second-order valence-electron chi connectivity index (χ2n) is 3.19. The van der Waals surface area contributed by atoms with Crippen LogP contribution >= 0.6 is 0 Å². The fraction of sp³-hybridized carbons (Fsp3) is 0.455. The summed E-state index contributed by atoms with van der Waals surface area (Å²) in [5, 5.41) is 0. The zero-order chi connectivity index (χ0) is 8.81. The van der Waals surface area contributed by atoms with E-state index in [4.69, 9.17) is 0 Å². The van der Waals surface area contributed by atoms with Crippen molar-refractivity contribution in [1.29, 1.82) is 0 Å². The van der Waals surface area contributed by atoms with Crippen molar-refractivity contribution in [2.24, 2.45) is 5.92 Å². The van der Waals surface area contributed by atoms with Crippen LogP contribution in [0.4, 0.5) is 4.39 Å². The molecule has 0 saturated heterocycles. The van der Waals surface area contributed by atoms with Crippen LogP contribution in [0.25, 0.3) is 0 Å². The summed E-state index contributed by atoms with van der Waals surface area (Å²) >= 11 is 0. The van der Waals surface area contributed by atoms with Crippen LogP contribution in [0, 0.1) is 5.92 Å². The van der Waals surface area contributed by atoms with Crippen LogP contribution in [-0.4, -0.2) is 0 Å². The van der Waals surface area contributed by atoms with Crippen molar-refractivity contribution in [3.05, 3.63) is 36.7 Å². The lowest BCUT2D eigenvalue weighted by molar-refractivity contribution is 0.665. The summed E-state index contributed by atoms with van der Waals surface area (Å²) in [6.45, 7) is 3.33. The Bertz CT molecular complexity index is 195. The van der Waals surface area contributed by atoms with Gasteiger partial charge < -0.3 is 0 Å². The van der Waals surface area contributed by atoms with Gasteiger partial charge in [0, 0.05) is 0 Å². The van der Waals surface area contributed by atoms with Crippen LogP contribution in [0.1, 0.15) is 25.7 Å². The molecule has 0 heterocycles. The van der Waals surface area contributed by atoms with Crippen LogP contribution in [0.2, 0.25) is 0 Å². The van der Waals surface area contributed by atoms with E-state index in [1.165, 1.54) is 37.8 Å². The fourth-order valence-electron chi connectivity index (χ4n) is 1.52. The van der Waals surface area contributed by atoms with Crippen molar-refractivity contribution in [2.75, 3.05) is 0 Å². The maximum Gasteiger partial charge on any atom is 0.122 e. The molecule has 0 radical (unpaired) electrons. The molecule has 0 aliphatic heterocycles. The predicted molar refractivity (Wildman–Crippen MR) is 50.5 cm³/mol. The fourth-order valence-corrected chi connectivity index (χ4v) is 1.52. The van der Waals surface area contributed by atoms with Gasteiger partial charge >= 0.3 is 0 Å². The third-order valence-corrected chi connectivity index (χ3v) is 2.23. The van der Waals surface area contributed by atoms with Crippen molar-refractivity contribution >= 4 is 0 Å². The normalized spacial score (nSPS) is 20.6. The van der Waals surface area contributed by atoms with E-state index in [1.54, 1.807) is 6.08 Å². The third kappa shape index (κ3) is 3.04. The van der Waals surface area contributed by atoms with E-state index in [-0.39, 0.29) is 5.83 Å². The first-order valence-corrected chi connectivity index (χ1v) is 4.49. The summed E-state index contributed by atoms with van der Waals surface area (Å²) in [5.74, 6) is 0.420. The summed E-state index contributed by atoms with van der Waals surface area (Å²) in [5.41, 5.74) is 0. The molecule has 1 heteroatoms. The lowest BCUT2D eigenvalue weighted by Crippen LogP contribution is -1.84. The number of hydrogen-bond donors (Lipinski definition) is 0. The largest absolute Gasteiger partial charge is 0.207 e. The molecule has 0 unspecified atom stereocenters. The monoisotopic (exact) mass is 166 g/mol. The van der Waals surface area contributed by atoms with Crippen molar-refractivity contribution < 1.29 is 4.39 Å². The van der Waals surface area contributed by atoms with Gasteiger partial charge in [0.1, 0.15) is 5.83 Å². The first kappa shape index (κ1) is 9.24. The van der Waals surface area contributed by atoms with Crippen LogP contribution in [0.5, 0.6) is 0 Å². The van der Waals surface area contributed by atoms with Gasteiger partial charge in [0.25, 0.3) is 0 Å². The van der Waals surface area contributed by atoms with Crippen molar-refractivity contribution in [3.8, 4) is 0 Å². The molecule has 1 rings (SSSR count). The number of halogens is 1. The van der Waals surface area contributed by atoms with E-state index in [2.05, 4.69) is 12.7 Å². The van der Waals surface area contributed by atoms with E-state index < -0.39 is 0 Å². The van der Waals surface area contributed by atoms with E-state index in [9.17, 15) is 4.39 Å². The molecule has 1 aliphatic carbocycles. The summed E-state index contributed by atoms with van der Waals surface area (Å²) in [6, 6.07) is 0. The second kappa shape index (κ2) is 4.91. The van der Waals surface area contributed by atoms with E-state index in [0.717, 1.165) is 0 Å². The molecule has 0 aromatic rings.